The number of carbonyl (C=O) groups is 1. The highest BCUT2D eigenvalue weighted by Crippen LogP contribution is 2.28. The van der Waals surface area contributed by atoms with Crippen molar-refractivity contribution in [2.45, 2.75) is 24.2 Å². The molecule has 0 aliphatic rings. The Morgan fingerprint density at radius 2 is 2.12 bits per heavy atom. The van der Waals surface area contributed by atoms with Crippen LogP contribution in [0.2, 0.25) is 5.02 Å². The summed E-state index contributed by atoms with van der Waals surface area (Å²) in [5.41, 5.74) is 0.682. The van der Waals surface area contributed by atoms with Gasteiger partial charge in [-0.05, 0) is 23.6 Å². The van der Waals surface area contributed by atoms with Crippen LogP contribution in [-0.4, -0.2) is 19.3 Å². The fourth-order valence-electron chi connectivity index (χ4n) is 1.34. The first-order valence-corrected chi connectivity index (χ1v) is 6.38. The van der Waals surface area contributed by atoms with Gasteiger partial charge in [0.05, 0.1) is 4.90 Å². The smallest absolute Gasteiger partial charge is 0.294 e. The van der Waals surface area contributed by atoms with Crippen LogP contribution >= 0.6 is 11.6 Å². The molecule has 0 unspecified atom stereocenters. The van der Waals surface area contributed by atoms with Gasteiger partial charge in [-0.1, -0.05) is 24.6 Å². The van der Waals surface area contributed by atoms with Gasteiger partial charge in [0.25, 0.3) is 10.1 Å². The number of halogens is 1. The molecule has 0 aromatic heterocycles. The molecule has 0 bridgehead atoms. The summed E-state index contributed by atoms with van der Waals surface area (Å²) in [5.74, 6) is -0.0829. The maximum absolute atomic E-state index is 10.8. The number of benzene rings is 1. The van der Waals surface area contributed by atoms with E-state index >= 15 is 0 Å². The monoisotopic (exact) mass is 262 g/mol. The van der Waals surface area contributed by atoms with Crippen LogP contribution in [0.15, 0.2) is 23.1 Å². The standard InChI is InChI=1S/C10H11ClO4S/c1-7(4-5-12)9-3-2-8(6-10(9)11)16(13,14)15/h2-3,5-7H,4H2,1H3,(H,13,14,15)/t7-/m1/s1. The Hall–Kier alpha value is -0.910. The first kappa shape index (κ1) is 13.2. The molecule has 0 amide bonds. The summed E-state index contributed by atoms with van der Waals surface area (Å²) in [5, 5.41) is 0.226. The van der Waals surface area contributed by atoms with Gasteiger partial charge in [0.2, 0.25) is 0 Å². The van der Waals surface area contributed by atoms with E-state index in [-0.39, 0.29) is 15.8 Å². The molecule has 0 aliphatic carbocycles. The molecule has 1 N–H and O–H groups in total. The fourth-order valence-corrected chi connectivity index (χ4v) is 2.28. The minimum atomic E-state index is -4.23. The minimum absolute atomic E-state index is 0.0829. The quantitative estimate of drug-likeness (QED) is 0.667. The second-order valence-corrected chi connectivity index (χ2v) is 5.29. The van der Waals surface area contributed by atoms with E-state index in [0.717, 1.165) is 6.29 Å². The van der Waals surface area contributed by atoms with Crippen LogP contribution in [-0.2, 0) is 14.9 Å². The zero-order chi connectivity index (χ0) is 12.3. The van der Waals surface area contributed by atoms with Crippen LogP contribution in [0.3, 0.4) is 0 Å². The van der Waals surface area contributed by atoms with Crippen molar-refractivity contribution in [3.63, 3.8) is 0 Å². The molecule has 88 valence electrons. The van der Waals surface area contributed by atoms with E-state index in [0.29, 0.717) is 12.0 Å². The summed E-state index contributed by atoms with van der Waals surface area (Å²) in [6.45, 7) is 1.81. The van der Waals surface area contributed by atoms with Gasteiger partial charge >= 0.3 is 0 Å². The molecule has 1 aromatic carbocycles. The molecule has 6 heteroatoms. The van der Waals surface area contributed by atoms with Crippen molar-refractivity contribution < 1.29 is 17.8 Å². The van der Waals surface area contributed by atoms with Crippen molar-refractivity contribution >= 4 is 28.0 Å². The van der Waals surface area contributed by atoms with Gasteiger partial charge < -0.3 is 4.79 Å². The van der Waals surface area contributed by atoms with E-state index in [1.54, 1.807) is 0 Å². The largest absolute Gasteiger partial charge is 0.303 e. The SMILES string of the molecule is C[C@H](CC=O)c1ccc(S(=O)(=O)O)cc1Cl. The van der Waals surface area contributed by atoms with Gasteiger partial charge in [-0.2, -0.15) is 8.42 Å². The summed E-state index contributed by atoms with van der Waals surface area (Å²) in [4.78, 5) is 10.1. The molecule has 4 nitrogen and oxygen atoms in total. The highest BCUT2D eigenvalue weighted by molar-refractivity contribution is 7.85. The highest BCUT2D eigenvalue weighted by Gasteiger charge is 2.14. The molecule has 0 saturated carbocycles. The predicted octanol–water partition coefficient (Wildman–Crippen LogP) is 2.28. The zero-order valence-electron chi connectivity index (χ0n) is 8.55. The summed E-state index contributed by atoms with van der Waals surface area (Å²) >= 11 is 5.87. The van der Waals surface area contributed by atoms with Gasteiger partial charge in [-0.15, -0.1) is 0 Å². The van der Waals surface area contributed by atoms with Crippen molar-refractivity contribution in [3.8, 4) is 0 Å². The Kier molecular flexibility index (Phi) is 4.07. The lowest BCUT2D eigenvalue weighted by molar-refractivity contribution is -0.108. The third kappa shape index (κ3) is 3.04. The van der Waals surface area contributed by atoms with E-state index < -0.39 is 10.1 Å². The minimum Gasteiger partial charge on any atom is -0.303 e. The second-order valence-electron chi connectivity index (χ2n) is 3.46. The van der Waals surface area contributed by atoms with Crippen LogP contribution in [0.5, 0.6) is 0 Å². The number of carbonyl (C=O) groups excluding carboxylic acids is 1. The Bertz CT molecular complexity index is 496. The van der Waals surface area contributed by atoms with E-state index in [2.05, 4.69) is 0 Å². The van der Waals surface area contributed by atoms with E-state index in [1.807, 2.05) is 6.92 Å². The van der Waals surface area contributed by atoms with Crippen LogP contribution < -0.4 is 0 Å². The normalized spacial score (nSPS) is 13.4. The predicted molar refractivity (Wildman–Crippen MR) is 60.4 cm³/mol. The second kappa shape index (κ2) is 4.95. The first-order chi connectivity index (χ1) is 7.36. The van der Waals surface area contributed by atoms with Gasteiger partial charge in [-0.3, -0.25) is 4.55 Å². The molecule has 0 aliphatic heterocycles. The van der Waals surface area contributed by atoms with Crippen LogP contribution in [0, 0.1) is 0 Å². The van der Waals surface area contributed by atoms with Gasteiger partial charge in [0.1, 0.15) is 6.29 Å². The highest BCUT2D eigenvalue weighted by atomic mass is 35.5. The average molecular weight is 263 g/mol. The van der Waals surface area contributed by atoms with Crippen molar-refractivity contribution in [3.05, 3.63) is 28.8 Å². The van der Waals surface area contributed by atoms with Gasteiger partial charge in [-0.25, -0.2) is 0 Å². The topological polar surface area (TPSA) is 71.4 Å². The molecule has 0 heterocycles. The van der Waals surface area contributed by atoms with Crippen molar-refractivity contribution in [1.82, 2.24) is 0 Å². The lowest BCUT2D eigenvalue weighted by atomic mass is 9.99. The van der Waals surface area contributed by atoms with Gasteiger partial charge in [0.15, 0.2) is 0 Å². The first-order valence-electron chi connectivity index (χ1n) is 4.57. The third-order valence-corrected chi connectivity index (χ3v) is 3.43. The summed E-state index contributed by atoms with van der Waals surface area (Å²) < 4.78 is 30.5. The van der Waals surface area contributed by atoms with Gasteiger partial charge in [0, 0.05) is 11.4 Å². The van der Waals surface area contributed by atoms with E-state index in [9.17, 15) is 13.2 Å². The Morgan fingerprint density at radius 3 is 2.56 bits per heavy atom. The number of aldehydes is 1. The summed E-state index contributed by atoms with van der Waals surface area (Å²) in [6.07, 6.45) is 1.09. The molecule has 0 fully saturated rings. The van der Waals surface area contributed by atoms with Crippen LogP contribution in [0.1, 0.15) is 24.8 Å². The molecule has 16 heavy (non-hydrogen) atoms. The molecule has 1 rings (SSSR count). The fraction of sp³-hybridized carbons (Fsp3) is 0.300. The lowest BCUT2D eigenvalue weighted by Gasteiger charge is -2.11. The average Bonchev–Trinajstić information content (AvgIpc) is 2.16. The van der Waals surface area contributed by atoms with Crippen molar-refractivity contribution in [1.29, 1.82) is 0 Å². The van der Waals surface area contributed by atoms with E-state index in [4.69, 9.17) is 16.2 Å². The molecule has 0 radical (unpaired) electrons. The lowest BCUT2D eigenvalue weighted by Crippen LogP contribution is -2.01. The van der Waals surface area contributed by atoms with Crippen LogP contribution in [0.4, 0.5) is 0 Å². The number of hydrogen-bond donors (Lipinski definition) is 1. The number of hydrogen-bond acceptors (Lipinski definition) is 3. The maximum Gasteiger partial charge on any atom is 0.294 e. The number of rotatable bonds is 4. The van der Waals surface area contributed by atoms with E-state index in [1.165, 1.54) is 18.2 Å². The molecule has 0 spiro atoms. The third-order valence-electron chi connectivity index (χ3n) is 2.25. The van der Waals surface area contributed by atoms with Crippen molar-refractivity contribution in [2.75, 3.05) is 0 Å². The molecule has 0 saturated heterocycles. The zero-order valence-corrected chi connectivity index (χ0v) is 10.1. The molecule has 1 atom stereocenters. The Balaban J connectivity index is 3.14. The Labute approximate surface area is 99.0 Å². The van der Waals surface area contributed by atoms with Crippen molar-refractivity contribution in [2.24, 2.45) is 0 Å². The summed E-state index contributed by atoms with van der Waals surface area (Å²) in [6, 6.07) is 3.94. The molecular weight excluding hydrogens is 252 g/mol. The molecular formula is C10H11ClO4S. The maximum atomic E-state index is 10.8. The summed E-state index contributed by atoms with van der Waals surface area (Å²) in [7, 11) is -4.23. The van der Waals surface area contributed by atoms with Crippen LogP contribution in [0.25, 0.3) is 0 Å². The Morgan fingerprint density at radius 1 is 1.50 bits per heavy atom. The molecule has 1 aromatic rings.